The molecule has 5 atom stereocenters. The molecule has 0 unspecified atom stereocenters. The first-order chi connectivity index (χ1) is 25.2. The normalized spacial score (nSPS) is 22.2. The third kappa shape index (κ3) is 8.08. The monoisotopic (exact) mass is 708 g/mol. The van der Waals surface area contributed by atoms with Crippen LogP contribution in [0.3, 0.4) is 0 Å². The minimum absolute atomic E-state index is 0.148. The lowest BCUT2D eigenvalue weighted by Gasteiger charge is -2.39. The first kappa shape index (κ1) is 36.8. The second-order valence-electron chi connectivity index (χ2n) is 14.5. The number of ketones is 1. The molecule has 2 saturated heterocycles. The quantitative estimate of drug-likeness (QED) is 0.120. The van der Waals surface area contributed by atoms with Crippen LogP contribution in [0.5, 0.6) is 0 Å². The predicted octanol–water partition coefficient (Wildman–Crippen LogP) is 5.68. The lowest BCUT2D eigenvalue weighted by Crippen LogP contribution is -2.64. The van der Waals surface area contributed by atoms with Gasteiger partial charge in [0.2, 0.25) is 23.6 Å². The second-order valence-corrected chi connectivity index (χ2v) is 14.5. The first-order valence-corrected chi connectivity index (χ1v) is 19.1. The molecule has 4 aromatic rings. The van der Waals surface area contributed by atoms with Gasteiger partial charge in [0, 0.05) is 59.5 Å². The number of para-hydroxylation sites is 1. The number of Topliss-reactive ketones (excluding diaryl/α,β-unsaturated/α-hetero) is 1. The van der Waals surface area contributed by atoms with Crippen molar-refractivity contribution in [2.75, 3.05) is 6.54 Å². The van der Waals surface area contributed by atoms with Crippen molar-refractivity contribution in [1.29, 1.82) is 0 Å². The Labute approximate surface area is 305 Å². The van der Waals surface area contributed by atoms with Crippen molar-refractivity contribution in [3.05, 3.63) is 60.3 Å². The molecule has 2 aromatic carbocycles. The maximum Gasteiger partial charge on any atom is 0.246 e. The van der Waals surface area contributed by atoms with Crippen molar-refractivity contribution in [2.45, 2.75) is 116 Å². The summed E-state index contributed by atoms with van der Waals surface area (Å²) in [7, 11) is 0. The second kappa shape index (κ2) is 16.6. The molecule has 2 aliphatic rings. The van der Waals surface area contributed by atoms with Gasteiger partial charge in [0.15, 0.2) is 0 Å². The molecule has 4 heterocycles. The molecule has 276 valence electrons. The van der Waals surface area contributed by atoms with E-state index in [2.05, 4.69) is 32.0 Å². The van der Waals surface area contributed by atoms with Gasteiger partial charge in [-0.3, -0.25) is 24.0 Å². The number of rotatable bonds is 12. The SMILES string of the molecule is CCC(=O)CCCCC[C@@H]1NC(=O)[C@H]2CCCCN2C(=O)[C@H]([C@H](C)CC)NC(=O)[C@H](Cc2c(-c3ccc4[nH]ccc4c3)[nH]c3ccccc23)NC1=O. The van der Waals surface area contributed by atoms with Crippen LogP contribution in [0, 0.1) is 5.92 Å². The van der Waals surface area contributed by atoms with Crippen LogP contribution in [0.25, 0.3) is 33.1 Å². The van der Waals surface area contributed by atoms with Gasteiger partial charge < -0.3 is 30.8 Å². The van der Waals surface area contributed by atoms with Crippen LogP contribution in [0.2, 0.25) is 0 Å². The van der Waals surface area contributed by atoms with E-state index in [0.29, 0.717) is 51.5 Å². The van der Waals surface area contributed by atoms with Crippen LogP contribution in [0.4, 0.5) is 0 Å². The number of unbranched alkanes of at least 4 members (excludes halogenated alkanes) is 2. The molecule has 11 heteroatoms. The van der Waals surface area contributed by atoms with Gasteiger partial charge in [-0.15, -0.1) is 0 Å². The third-order valence-electron chi connectivity index (χ3n) is 11.0. The van der Waals surface area contributed by atoms with Gasteiger partial charge in [-0.25, -0.2) is 0 Å². The number of amides is 4. The van der Waals surface area contributed by atoms with E-state index in [-0.39, 0.29) is 29.9 Å². The molecule has 0 radical (unpaired) electrons. The van der Waals surface area contributed by atoms with Crippen LogP contribution in [0.15, 0.2) is 54.7 Å². The molecule has 11 nitrogen and oxygen atoms in total. The maximum absolute atomic E-state index is 14.5. The lowest BCUT2D eigenvalue weighted by molar-refractivity contribution is -0.147. The fraction of sp³-hybridized carbons (Fsp3) is 0.488. The molecular formula is C41H52N6O5. The first-order valence-electron chi connectivity index (χ1n) is 19.1. The summed E-state index contributed by atoms with van der Waals surface area (Å²) in [6, 6.07) is 12.5. The van der Waals surface area contributed by atoms with Gasteiger partial charge in [0.25, 0.3) is 0 Å². The minimum Gasteiger partial charge on any atom is -0.361 e. The van der Waals surface area contributed by atoms with Gasteiger partial charge in [-0.2, -0.15) is 0 Å². The van der Waals surface area contributed by atoms with Crippen LogP contribution < -0.4 is 16.0 Å². The summed E-state index contributed by atoms with van der Waals surface area (Å²) in [5, 5.41) is 11.1. The molecular weight excluding hydrogens is 656 g/mol. The van der Waals surface area contributed by atoms with Gasteiger partial charge in [-0.1, -0.05) is 64.3 Å². The van der Waals surface area contributed by atoms with Gasteiger partial charge >= 0.3 is 0 Å². The molecule has 0 aliphatic carbocycles. The zero-order chi connectivity index (χ0) is 36.8. The summed E-state index contributed by atoms with van der Waals surface area (Å²) >= 11 is 0. The van der Waals surface area contributed by atoms with E-state index >= 15 is 0 Å². The van der Waals surface area contributed by atoms with Crippen molar-refractivity contribution in [3.8, 4) is 11.3 Å². The fourth-order valence-corrected chi connectivity index (χ4v) is 7.70. The zero-order valence-electron chi connectivity index (χ0n) is 30.6. The molecule has 52 heavy (non-hydrogen) atoms. The Kier molecular flexibility index (Phi) is 11.8. The third-order valence-corrected chi connectivity index (χ3v) is 11.0. The summed E-state index contributed by atoms with van der Waals surface area (Å²) < 4.78 is 0. The highest BCUT2D eigenvalue weighted by molar-refractivity contribution is 5.99. The molecule has 4 amide bonds. The molecule has 6 rings (SSSR count). The zero-order valence-corrected chi connectivity index (χ0v) is 30.6. The van der Waals surface area contributed by atoms with E-state index in [1.807, 2.05) is 69.4 Å². The Hall–Kier alpha value is -4.93. The molecule has 2 aromatic heterocycles. The summed E-state index contributed by atoms with van der Waals surface area (Å²) in [5.41, 5.74) is 4.55. The van der Waals surface area contributed by atoms with Crippen molar-refractivity contribution < 1.29 is 24.0 Å². The molecule has 0 bridgehead atoms. The number of aromatic amines is 2. The summed E-state index contributed by atoms with van der Waals surface area (Å²) in [6.45, 7) is 6.17. The van der Waals surface area contributed by atoms with Gasteiger partial charge in [0.1, 0.15) is 30.0 Å². The molecule has 0 saturated carbocycles. The molecule has 5 N–H and O–H groups in total. The number of piperidine rings is 1. The predicted molar refractivity (Wildman–Crippen MR) is 202 cm³/mol. The number of hydrogen-bond donors (Lipinski definition) is 5. The number of nitrogens with zero attached hydrogens (tertiary/aromatic N) is 1. The van der Waals surface area contributed by atoms with Crippen LogP contribution in [-0.2, 0) is 30.4 Å². The van der Waals surface area contributed by atoms with Crippen molar-refractivity contribution in [3.63, 3.8) is 0 Å². The van der Waals surface area contributed by atoms with Crippen LogP contribution in [-0.4, -0.2) is 75.0 Å². The highest BCUT2D eigenvalue weighted by atomic mass is 16.2. The van der Waals surface area contributed by atoms with E-state index in [0.717, 1.165) is 57.9 Å². The van der Waals surface area contributed by atoms with Gasteiger partial charge in [0.05, 0.1) is 0 Å². The molecule has 0 spiro atoms. The largest absolute Gasteiger partial charge is 0.361 e. The van der Waals surface area contributed by atoms with Gasteiger partial charge in [-0.05, 0) is 73.4 Å². The number of aromatic nitrogens is 2. The topological polar surface area (TPSA) is 156 Å². The summed E-state index contributed by atoms with van der Waals surface area (Å²) in [6.07, 6.45) is 8.10. The number of carbonyl (C=O) groups is 5. The Bertz CT molecular complexity index is 1930. The van der Waals surface area contributed by atoms with E-state index in [4.69, 9.17) is 0 Å². The van der Waals surface area contributed by atoms with Crippen LogP contribution in [0.1, 0.15) is 90.5 Å². The number of benzene rings is 2. The van der Waals surface area contributed by atoms with Crippen molar-refractivity contribution in [2.24, 2.45) is 5.92 Å². The highest BCUT2D eigenvalue weighted by Crippen LogP contribution is 2.33. The standard InChI is InChI=1S/C41H52N6O5/c1-4-25(3)36-41(52)47-22-12-11-17-35(47)40(51)44-33(16-8-6-7-13-28(48)5-2)38(49)45-34(39(50)46-36)24-30-29-14-9-10-15-32(29)43-37(30)27-18-19-31-26(23-27)20-21-42-31/h9-10,14-15,18-21,23,25,33-36,42-43H,4-8,11-13,16-17,22,24H2,1-3H3,(H,44,51)(H,45,49)(H,46,50)/t25-,33+,34+,35-,36+/m1/s1. The average Bonchev–Trinajstić information content (AvgIpc) is 3.79. The lowest BCUT2D eigenvalue weighted by atomic mass is 9.92. The van der Waals surface area contributed by atoms with Crippen molar-refractivity contribution >= 4 is 51.2 Å². The number of nitrogens with one attached hydrogen (secondary N) is 5. The fourth-order valence-electron chi connectivity index (χ4n) is 7.70. The highest BCUT2D eigenvalue weighted by Gasteiger charge is 2.41. The van der Waals surface area contributed by atoms with E-state index in [9.17, 15) is 24.0 Å². The van der Waals surface area contributed by atoms with E-state index in [1.165, 1.54) is 0 Å². The Balaban J connectivity index is 1.37. The summed E-state index contributed by atoms with van der Waals surface area (Å²) in [4.78, 5) is 77.3. The van der Waals surface area contributed by atoms with E-state index < -0.39 is 36.0 Å². The van der Waals surface area contributed by atoms with Crippen LogP contribution >= 0.6 is 0 Å². The Morgan fingerprint density at radius 1 is 0.865 bits per heavy atom. The molecule has 2 fully saturated rings. The smallest absolute Gasteiger partial charge is 0.246 e. The molecule has 2 aliphatic heterocycles. The summed E-state index contributed by atoms with van der Waals surface area (Å²) in [5.74, 6) is -1.50. The Morgan fingerprint density at radius 2 is 1.65 bits per heavy atom. The number of hydrogen-bond acceptors (Lipinski definition) is 5. The maximum atomic E-state index is 14.5. The minimum atomic E-state index is -1.04. The average molecular weight is 709 g/mol. The number of carbonyl (C=O) groups excluding carboxylic acids is 5. The van der Waals surface area contributed by atoms with Crippen molar-refractivity contribution in [1.82, 2.24) is 30.8 Å². The number of H-pyrrole nitrogens is 2. The number of fused-ring (bicyclic) bond motifs is 3. The van der Waals surface area contributed by atoms with E-state index in [1.54, 1.807) is 4.90 Å². The Morgan fingerprint density at radius 3 is 2.46 bits per heavy atom.